The van der Waals surface area contributed by atoms with Crippen molar-refractivity contribution in [1.29, 1.82) is 0 Å². The van der Waals surface area contributed by atoms with Gasteiger partial charge in [0.25, 0.3) is 11.8 Å². The third-order valence-electron chi connectivity index (χ3n) is 4.25. The molecule has 0 fully saturated rings. The van der Waals surface area contributed by atoms with Gasteiger partial charge in [0.15, 0.2) is 0 Å². The molecule has 6 nitrogen and oxygen atoms in total. The van der Waals surface area contributed by atoms with Gasteiger partial charge in [-0.1, -0.05) is 23.7 Å². The van der Waals surface area contributed by atoms with E-state index in [1.54, 1.807) is 48.5 Å². The second-order valence-electron chi connectivity index (χ2n) is 6.54. The highest BCUT2D eigenvalue weighted by Gasteiger charge is 2.12. The highest BCUT2D eigenvalue weighted by Crippen LogP contribution is 2.28. The molecule has 0 atom stereocenters. The highest BCUT2D eigenvalue weighted by molar-refractivity contribution is 7.17. The highest BCUT2D eigenvalue weighted by atomic mass is 35.5. The van der Waals surface area contributed by atoms with Crippen molar-refractivity contribution in [1.82, 2.24) is 16.2 Å². The van der Waals surface area contributed by atoms with E-state index in [9.17, 15) is 18.8 Å². The Morgan fingerprint density at radius 2 is 1.58 bits per heavy atom. The molecule has 3 rings (SSSR count). The van der Waals surface area contributed by atoms with Gasteiger partial charge >= 0.3 is 0 Å². The van der Waals surface area contributed by atoms with Crippen molar-refractivity contribution in [2.75, 3.05) is 6.54 Å². The van der Waals surface area contributed by atoms with E-state index in [-0.39, 0.29) is 24.1 Å². The maximum absolute atomic E-state index is 13.0. The second kappa shape index (κ2) is 10.7. The number of hydrazine groups is 1. The van der Waals surface area contributed by atoms with Crippen molar-refractivity contribution in [2.24, 2.45) is 0 Å². The second-order valence-corrected chi connectivity index (χ2v) is 8.06. The maximum atomic E-state index is 13.0. The summed E-state index contributed by atoms with van der Waals surface area (Å²) in [5.41, 5.74) is 6.00. The van der Waals surface area contributed by atoms with Crippen molar-refractivity contribution in [3.8, 4) is 10.4 Å². The van der Waals surface area contributed by atoms with Crippen LogP contribution in [0.25, 0.3) is 10.4 Å². The Labute approximate surface area is 187 Å². The van der Waals surface area contributed by atoms with Crippen LogP contribution in [0, 0.1) is 5.82 Å². The molecular formula is C22H19ClFN3O3S. The molecular weight excluding hydrogens is 441 g/mol. The van der Waals surface area contributed by atoms with E-state index in [0.29, 0.717) is 28.4 Å². The maximum Gasteiger partial charge on any atom is 0.279 e. The summed E-state index contributed by atoms with van der Waals surface area (Å²) >= 11 is 7.02. The monoisotopic (exact) mass is 459 g/mol. The van der Waals surface area contributed by atoms with E-state index in [4.69, 9.17) is 11.6 Å². The molecule has 0 aliphatic heterocycles. The average molecular weight is 460 g/mol. The van der Waals surface area contributed by atoms with Gasteiger partial charge in [-0.3, -0.25) is 25.2 Å². The number of benzene rings is 2. The Kier molecular flexibility index (Phi) is 7.75. The molecule has 0 spiro atoms. The molecule has 1 heterocycles. The van der Waals surface area contributed by atoms with Crippen LogP contribution in [-0.4, -0.2) is 24.3 Å². The molecule has 2 aromatic carbocycles. The molecule has 0 unspecified atom stereocenters. The van der Waals surface area contributed by atoms with Crippen molar-refractivity contribution in [3.05, 3.63) is 81.9 Å². The average Bonchev–Trinajstić information content (AvgIpc) is 3.26. The van der Waals surface area contributed by atoms with E-state index in [1.165, 1.54) is 23.5 Å². The minimum atomic E-state index is -0.442. The molecule has 0 aliphatic rings. The van der Waals surface area contributed by atoms with Gasteiger partial charge < -0.3 is 5.32 Å². The lowest BCUT2D eigenvalue weighted by Crippen LogP contribution is -2.41. The lowest BCUT2D eigenvalue weighted by Gasteiger charge is -2.07. The molecule has 3 N–H and O–H groups in total. The van der Waals surface area contributed by atoms with Gasteiger partial charge in [0.05, 0.1) is 4.88 Å². The van der Waals surface area contributed by atoms with Gasteiger partial charge in [0, 0.05) is 28.4 Å². The summed E-state index contributed by atoms with van der Waals surface area (Å²) in [6.45, 7) is 0.314. The van der Waals surface area contributed by atoms with Crippen LogP contribution in [0.2, 0.25) is 5.02 Å². The molecule has 160 valence electrons. The fourth-order valence-electron chi connectivity index (χ4n) is 2.63. The number of halogens is 2. The van der Waals surface area contributed by atoms with Gasteiger partial charge in [-0.05, 0) is 60.5 Å². The number of hydrogen-bond acceptors (Lipinski definition) is 4. The summed E-state index contributed by atoms with van der Waals surface area (Å²) in [5.74, 6) is -1.39. The summed E-state index contributed by atoms with van der Waals surface area (Å²) < 4.78 is 13.0. The van der Waals surface area contributed by atoms with Crippen LogP contribution in [0.1, 0.15) is 32.9 Å². The van der Waals surface area contributed by atoms with Crippen LogP contribution in [0.4, 0.5) is 4.39 Å². The van der Waals surface area contributed by atoms with Gasteiger partial charge in [-0.15, -0.1) is 11.3 Å². The quantitative estimate of drug-likeness (QED) is 0.366. The Morgan fingerprint density at radius 1 is 0.871 bits per heavy atom. The zero-order chi connectivity index (χ0) is 22.2. The molecule has 3 aromatic rings. The summed E-state index contributed by atoms with van der Waals surface area (Å²) in [6.07, 6.45) is 0.543. The van der Waals surface area contributed by atoms with E-state index < -0.39 is 5.91 Å². The normalized spacial score (nSPS) is 10.4. The first-order valence-electron chi connectivity index (χ1n) is 9.41. The van der Waals surface area contributed by atoms with Crippen molar-refractivity contribution in [3.63, 3.8) is 0 Å². The molecule has 0 bridgehead atoms. The first kappa shape index (κ1) is 22.5. The number of thiophene rings is 1. The van der Waals surface area contributed by atoms with E-state index in [1.807, 2.05) is 0 Å². The van der Waals surface area contributed by atoms with E-state index >= 15 is 0 Å². The van der Waals surface area contributed by atoms with Gasteiger partial charge in [0.2, 0.25) is 5.91 Å². The SMILES string of the molecule is O=C(CCCNC(=O)c1ccc(Cl)cc1)NNC(=O)c1ccc(-c2ccc(F)cc2)s1. The third kappa shape index (κ3) is 6.63. The summed E-state index contributed by atoms with van der Waals surface area (Å²) in [5, 5.41) is 3.26. The molecule has 0 radical (unpaired) electrons. The largest absolute Gasteiger partial charge is 0.352 e. The van der Waals surface area contributed by atoms with Crippen LogP contribution in [0.15, 0.2) is 60.7 Å². The van der Waals surface area contributed by atoms with Crippen LogP contribution in [0.5, 0.6) is 0 Å². The summed E-state index contributed by atoms with van der Waals surface area (Å²) in [6, 6.07) is 15.9. The van der Waals surface area contributed by atoms with Gasteiger partial charge in [0.1, 0.15) is 5.82 Å². The van der Waals surface area contributed by atoms with E-state index in [0.717, 1.165) is 10.4 Å². The summed E-state index contributed by atoms with van der Waals surface area (Å²) in [4.78, 5) is 37.3. The zero-order valence-corrected chi connectivity index (χ0v) is 17.9. The minimum absolute atomic E-state index is 0.131. The van der Waals surface area contributed by atoms with Crippen LogP contribution in [-0.2, 0) is 4.79 Å². The van der Waals surface area contributed by atoms with Crippen LogP contribution in [0.3, 0.4) is 0 Å². The molecule has 0 aliphatic carbocycles. The molecule has 31 heavy (non-hydrogen) atoms. The number of hydrogen-bond donors (Lipinski definition) is 3. The predicted molar refractivity (Wildman–Crippen MR) is 118 cm³/mol. The molecule has 9 heteroatoms. The molecule has 0 saturated heterocycles. The predicted octanol–water partition coefficient (Wildman–Crippen LogP) is 4.18. The smallest absolute Gasteiger partial charge is 0.279 e. The number of carbonyl (C=O) groups excluding carboxylic acids is 3. The Bertz CT molecular complexity index is 1070. The Morgan fingerprint density at radius 3 is 2.29 bits per heavy atom. The van der Waals surface area contributed by atoms with Crippen LogP contribution >= 0.6 is 22.9 Å². The fraction of sp³-hybridized carbons (Fsp3) is 0.136. The Hall–Kier alpha value is -3.23. The lowest BCUT2D eigenvalue weighted by molar-refractivity contribution is -0.121. The topological polar surface area (TPSA) is 87.3 Å². The summed E-state index contributed by atoms with van der Waals surface area (Å²) in [7, 11) is 0. The number of rotatable bonds is 7. The Balaban J connectivity index is 1.37. The third-order valence-corrected chi connectivity index (χ3v) is 5.63. The standard InChI is InChI=1S/C22H19ClFN3O3S/c23-16-7-3-15(4-8-16)21(29)25-13-1-2-20(28)26-27-22(30)19-12-11-18(31-19)14-5-9-17(24)10-6-14/h3-12H,1-2,13H2,(H,25,29)(H,26,28)(H,27,30). The van der Waals surface area contributed by atoms with E-state index in [2.05, 4.69) is 16.2 Å². The zero-order valence-electron chi connectivity index (χ0n) is 16.3. The molecule has 1 aromatic heterocycles. The fourth-order valence-corrected chi connectivity index (χ4v) is 3.67. The molecule has 0 saturated carbocycles. The number of amides is 3. The lowest BCUT2D eigenvalue weighted by atomic mass is 10.2. The first-order valence-corrected chi connectivity index (χ1v) is 10.6. The van der Waals surface area contributed by atoms with Crippen molar-refractivity contribution in [2.45, 2.75) is 12.8 Å². The van der Waals surface area contributed by atoms with Crippen LogP contribution < -0.4 is 16.2 Å². The minimum Gasteiger partial charge on any atom is -0.352 e. The van der Waals surface area contributed by atoms with Gasteiger partial charge in [-0.25, -0.2) is 4.39 Å². The number of nitrogens with one attached hydrogen (secondary N) is 3. The number of carbonyl (C=O) groups is 3. The van der Waals surface area contributed by atoms with Gasteiger partial charge in [-0.2, -0.15) is 0 Å². The first-order chi connectivity index (χ1) is 14.9. The van der Waals surface area contributed by atoms with Crippen molar-refractivity contribution < 1.29 is 18.8 Å². The molecule has 3 amide bonds. The van der Waals surface area contributed by atoms with Crippen molar-refractivity contribution >= 4 is 40.7 Å².